The van der Waals surface area contributed by atoms with Crippen LogP contribution in [0.4, 0.5) is 0 Å². The zero-order chi connectivity index (χ0) is 11.4. The molecule has 0 amide bonds. The molecule has 2 aromatic rings. The SMILES string of the molecule is CCCc1[nH]c2ccccc2c1SCCN. The molecule has 0 aliphatic carbocycles. The van der Waals surface area contributed by atoms with Crippen molar-refractivity contribution in [3.05, 3.63) is 30.0 Å². The molecule has 0 spiro atoms. The van der Waals surface area contributed by atoms with E-state index in [1.807, 2.05) is 11.8 Å². The molecule has 3 heteroatoms. The molecule has 2 nitrogen and oxygen atoms in total. The van der Waals surface area contributed by atoms with Gasteiger partial charge in [0.05, 0.1) is 0 Å². The topological polar surface area (TPSA) is 41.8 Å². The number of thioether (sulfide) groups is 1. The Bertz CT molecular complexity index is 462. The number of hydrogen-bond acceptors (Lipinski definition) is 2. The van der Waals surface area contributed by atoms with Crippen molar-refractivity contribution in [2.75, 3.05) is 12.3 Å². The molecule has 0 aliphatic rings. The van der Waals surface area contributed by atoms with Crippen LogP contribution in [0.15, 0.2) is 29.2 Å². The Balaban J connectivity index is 2.42. The van der Waals surface area contributed by atoms with E-state index in [4.69, 9.17) is 5.73 Å². The first-order valence-corrected chi connectivity index (χ1v) is 6.77. The molecule has 86 valence electrons. The number of rotatable bonds is 5. The number of aromatic amines is 1. The van der Waals surface area contributed by atoms with Crippen LogP contribution in [0.1, 0.15) is 19.0 Å². The van der Waals surface area contributed by atoms with Gasteiger partial charge in [-0.25, -0.2) is 0 Å². The summed E-state index contributed by atoms with van der Waals surface area (Å²) in [4.78, 5) is 4.90. The summed E-state index contributed by atoms with van der Waals surface area (Å²) in [6.45, 7) is 2.94. The number of hydrogen-bond donors (Lipinski definition) is 2. The molecule has 0 radical (unpaired) electrons. The average molecular weight is 234 g/mol. The number of benzene rings is 1. The summed E-state index contributed by atoms with van der Waals surface area (Å²) in [5.41, 5.74) is 8.19. The third-order valence-corrected chi connectivity index (χ3v) is 3.79. The van der Waals surface area contributed by atoms with E-state index in [-0.39, 0.29) is 0 Å². The largest absolute Gasteiger partial charge is 0.357 e. The fraction of sp³-hybridized carbons (Fsp3) is 0.385. The predicted octanol–water partition coefficient (Wildman–Crippen LogP) is 3.17. The highest BCUT2D eigenvalue weighted by Gasteiger charge is 2.10. The molecule has 1 aromatic carbocycles. The average Bonchev–Trinajstić information content (AvgIpc) is 2.65. The van der Waals surface area contributed by atoms with Crippen LogP contribution in [0.2, 0.25) is 0 Å². The zero-order valence-corrected chi connectivity index (χ0v) is 10.4. The second kappa shape index (κ2) is 5.41. The lowest BCUT2D eigenvalue weighted by Crippen LogP contribution is -2.01. The van der Waals surface area contributed by atoms with Crippen molar-refractivity contribution in [1.29, 1.82) is 0 Å². The quantitative estimate of drug-likeness (QED) is 0.780. The van der Waals surface area contributed by atoms with E-state index < -0.39 is 0 Å². The van der Waals surface area contributed by atoms with Crippen LogP contribution in [-0.2, 0) is 6.42 Å². The molecule has 0 fully saturated rings. The molecule has 16 heavy (non-hydrogen) atoms. The summed E-state index contributed by atoms with van der Waals surface area (Å²) in [6.07, 6.45) is 2.28. The van der Waals surface area contributed by atoms with Crippen molar-refractivity contribution in [2.24, 2.45) is 5.73 Å². The van der Waals surface area contributed by atoms with Crippen molar-refractivity contribution in [3.63, 3.8) is 0 Å². The fourth-order valence-corrected chi connectivity index (χ4v) is 2.91. The number of aromatic nitrogens is 1. The fourth-order valence-electron chi connectivity index (χ4n) is 1.92. The first-order valence-electron chi connectivity index (χ1n) is 5.79. The number of para-hydroxylation sites is 1. The summed E-state index contributed by atoms with van der Waals surface area (Å²) in [5.74, 6) is 0.985. The van der Waals surface area contributed by atoms with Gasteiger partial charge in [0, 0.05) is 33.8 Å². The minimum absolute atomic E-state index is 0.732. The Morgan fingerprint density at radius 1 is 1.31 bits per heavy atom. The first kappa shape index (κ1) is 11.6. The van der Waals surface area contributed by atoms with E-state index in [2.05, 4.69) is 36.2 Å². The van der Waals surface area contributed by atoms with Crippen LogP contribution < -0.4 is 5.73 Å². The van der Waals surface area contributed by atoms with E-state index >= 15 is 0 Å². The van der Waals surface area contributed by atoms with Gasteiger partial charge in [0.2, 0.25) is 0 Å². The van der Waals surface area contributed by atoms with E-state index in [1.165, 1.54) is 27.9 Å². The maximum absolute atomic E-state index is 5.58. The molecule has 0 saturated heterocycles. The van der Waals surface area contributed by atoms with Crippen LogP contribution in [0.5, 0.6) is 0 Å². The Labute approximate surface area is 101 Å². The Kier molecular flexibility index (Phi) is 3.91. The lowest BCUT2D eigenvalue weighted by Gasteiger charge is -2.02. The lowest BCUT2D eigenvalue weighted by molar-refractivity contribution is 0.877. The van der Waals surface area contributed by atoms with Crippen LogP contribution in [0.25, 0.3) is 10.9 Å². The van der Waals surface area contributed by atoms with Gasteiger partial charge >= 0.3 is 0 Å². The maximum Gasteiger partial charge on any atom is 0.0467 e. The molecule has 3 N–H and O–H groups in total. The monoisotopic (exact) mass is 234 g/mol. The maximum atomic E-state index is 5.58. The van der Waals surface area contributed by atoms with Crippen molar-refractivity contribution in [2.45, 2.75) is 24.7 Å². The normalized spacial score (nSPS) is 11.1. The predicted molar refractivity (Wildman–Crippen MR) is 72.1 cm³/mol. The number of nitrogens with one attached hydrogen (secondary N) is 1. The van der Waals surface area contributed by atoms with Crippen LogP contribution >= 0.6 is 11.8 Å². The highest BCUT2D eigenvalue weighted by atomic mass is 32.2. The summed E-state index contributed by atoms with van der Waals surface area (Å²) < 4.78 is 0. The highest BCUT2D eigenvalue weighted by molar-refractivity contribution is 7.99. The number of H-pyrrole nitrogens is 1. The van der Waals surface area contributed by atoms with Gasteiger partial charge in [-0.2, -0.15) is 0 Å². The third kappa shape index (κ3) is 2.25. The number of nitrogens with two attached hydrogens (primary N) is 1. The van der Waals surface area contributed by atoms with E-state index in [1.54, 1.807) is 0 Å². The second-order valence-electron chi connectivity index (χ2n) is 3.87. The van der Waals surface area contributed by atoms with Gasteiger partial charge < -0.3 is 10.7 Å². The third-order valence-electron chi connectivity index (χ3n) is 2.60. The standard InChI is InChI=1S/C13H18N2S/c1-2-5-12-13(16-9-8-14)10-6-3-4-7-11(10)15-12/h3-4,6-7,15H,2,5,8-9,14H2,1H3. The van der Waals surface area contributed by atoms with E-state index in [0.717, 1.165) is 18.7 Å². The summed E-state index contributed by atoms with van der Waals surface area (Å²) in [5, 5.41) is 1.34. The van der Waals surface area contributed by atoms with E-state index in [0.29, 0.717) is 0 Å². The van der Waals surface area contributed by atoms with Crippen LogP contribution in [0, 0.1) is 0 Å². The van der Waals surface area contributed by atoms with Gasteiger partial charge in [-0.3, -0.25) is 0 Å². The van der Waals surface area contributed by atoms with Gasteiger partial charge in [0.15, 0.2) is 0 Å². The molecule has 0 bridgehead atoms. The molecule has 2 rings (SSSR count). The Morgan fingerprint density at radius 2 is 2.12 bits per heavy atom. The van der Waals surface area contributed by atoms with E-state index in [9.17, 15) is 0 Å². The Morgan fingerprint density at radius 3 is 2.88 bits per heavy atom. The van der Waals surface area contributed by atoms with Gasteiger partial charge in [-0.1, -0.05) is 31.5 Å². The zero-order valence-electron chi connectivity index (χ0n) is 9.62. The molecular weight excluding hydrogens is 216 g/mol. The smallest absolute Gasteiger partial charge is 0.0467 e. The summed E-state index contributed by atoms with van der Waals surface area (Å²) in [6, 6.07) is 8.50. The minimum atomic E-state index is 0.732. The highest BCUT2D eigenvalue weighted by Crippen LogP contribution is 2.32. The molecular formula is C13H18N2S. The number of aryl methyl sites for hydroxylation is 1. The van der Waals surface area contributed by atoms with Gasteiger partial charge in [-0.05, 0) is 12.5 Å². The minimum Gasteiger partial charge on any atom is -0.357 e. The molecule has 0 aliphatic heterocycles. The molecule has 1 aromatic heterocycles. The molecule has 0 saturated carbocycles. The summed E-state index contributed by atoms with van der Waals surface area (Å²) >= 11 is 1.87. The van der Waals surface area contributed by atoms with Gasteiger partial charge in [0.1, 0.15) is 0 Å². The van der Waals surface area contributed by atoms with Crippen molar-refractivity contribution in [1.82, 2.24) is 4.98 Å². The Hall–Kier alpha value is -0.930. The second-order valence-corrected chi connectivity index (χ2v) is 4.97. The molecule has 1 heterocycles. The number of fused-ring (bicyclic) bond motifs is 1. The van der Waals surface area contributed by atoms with Crippen LogP contribution in [-0.4, -0.2) is 17.3 Å². The van der Waals surface area contributed by atoms with Crippen molar-refractivity contribution >= 4 is 22.7 Å². The summed E-state index contributed by atoms with van der Waals surface area (Å²) in [7, 11) is 0. The molecule has 0 unspecified atom stereocenters. The van der Waals surface area contributed by atoms with Gasteiger partial charge in [0.25, 0.3) is 0 Å². The van der Waals surface area contributed by atoms with Gasteiger partial charge in [-0.15, -0.1) is 11.8 Å². The first-order chi connectivity index (χ1) is 7.86. The molecule has 0 atom stereocenters. The van der Waals surface area contributed by atoms with Crippen molar-refractivity contribution in [3.8, 4) is 0 Å². The van der Waals surface area contributed by atoms with Crippen molar-refractivity contribution < 1.29 is 0 Å². The lowest BCUT2D eigenvalue weighted by atomic mass is 10.2. The van der Waals surface area contributed by atoms with Crippen LogP contribution in [0.3, 0.4) is 0 Å².